The summed E-state index contributed by atoms with van der Waals surface area (Å²) in [5.74, 6) is -0.345. The minimum atomic E-state index is -0.518. The van der Waals surface area contributed by atoms with Crippen molar-refractivity contribution in [2.45, 2.75) is 44.3 Å². The summed E-state index contributed by atoms with van der Waals surface area (Å²) in [6.07, 6.45) is 3.75. The fourth-order valence-corrected chi connectivity index (χ4v) is 4.26. The number of fused-ring (bicyclic) bond motifs is 1. The van der Waals surface area contributed by atoms with Crippen LogP contribution in [0.3, 0.4) is 0 Å². The second-order valence-electron chi connectivity index (χ2n) is 8.00. The van der Waals surface area contributed by atoms with Crippen LogP contribution in [0.1, 0.15) is 31.4 Å². The van der Waals surface area contributed by atoms with Gasteiger partial charge < -0.3 is 15.4 Å². The quantitative estimate of drug-likeness (QED) is 0.488. The Balaban J connectivity index is 1.18. The lowest BCUT2D eigenvalue weighted by molar-refractivity contribution is -0.124. The third-order valence-electron chi connectivity index (χ3n) is 5.63. The van der Waals surface area contributed by atoms with Gasteiger partial charge in [-0.2, -0.15) is 0 Å². The van der Waals surface area contributed by atoms with E-state index in [1.54, 1.807) is 0 Å². The largest absolute Gasteiger partial charge is 0.484 e. The number of pyridine rings is 1. The van der Waals surface area contributed by atoms with Crippen LogP contribution in [0.5, 0.6) is 5.75 Å². The molecule has 1 heterocycles. The van der Waals surface area contributed by atoms with Gasteiger partial charge in [-0.15, -0.1) is 0 Å². The maximum atomic E-state index is 13.2. The Morgan fingerprint density at radius 1 is 1.03 bits per heavy atom. The van der Waals surface area contributed by atoms with Gasteiger partial charge in [0.25, 0.3) is 5.91 Å². The van der Waals surface area contributed by atoms with Crippen LogP contribution in [0, 0.1) is 5.82 Å². The standard InChI is InChI=1S/C24H24Cl2FN3O2/c25-16-2-10-23-15(11-16)1-3-19(29-23)13-28-17-4-6-18(7-5-17)30-24(31)14-32-20-8-9-22(27)21(26)12-20/h1-3,8-12,17-18,28H,4-7,13-14H2,(H,30,31). The molecule has 32 heavy (non-hydrogen) atoms. The summed E-state index contributed by atoms with van der Waals surface area (Å²) in [7, 11) is 0. The van der Waals surface area contributed by atoms with Gasteiger partial charge in [-0.3, -0.25) is 9.78 Å². The lowest BCUT2D eigenvalue weighted by Gasteiger charge is -2.29. The fourth-order valence-electron chi connectivity index (χ4n) is 3.91. The Bertz CT molecular complexity index is 1100. The molecule has 1 aromatic heterocycles. The summed E-state index contributed by atoms with van der Waals surface area (Å²) in [6, 6.07) is 14.3. The Morgan fingerprint density at radius 2 is 1.81 bits per heavy atom. The maximum Gasteiger partial charge on any atom is 0.258 e. The third kappa shape index (κ3) is 6.09. The van der Waals surface area contributed by atoms with E-state index in [2.05, 4.69) is 15.6 Å². The lowest BCUT2D eigenvalue weighted by Crippen LogP contribution is -2.43. The molecule has 168 valence electrons. The first-order chi connectivity index (χ1) is 15.5. The van der Waals surface area contributed by atoms with E-state index in [0.29, 0.717) is 23.4 Å². The van der Waals surface area contributed by atoms with E-state index in [1.165, 1.54) is 18.2 Å². The average molecular weight is 476 g/mol. The third-order valence-corrected chi connectivity index (χ3v) is 6.16. The molecular formula is C24H24Cl2FN3O2. The fraction of sp³-hybridized carbons (Fsp3) is 0.333. The van der Waals surface area contributed by atoms with Crippen LogP contribution in [-0.4, -0.2) is 29.6 Å². The minimum absolute atomic E-state index is 0.0305. The highest BCUT2D eigenvalue weighted by Gasteiger charge is 2.22. The van der Waals surface area contributed by atoms with Crippen LogP contribution < -0.4 is 15.4 Å². The molecule has 5 nitrogen and oxygen atoms in total. The highest BCUT2D eigenvalue weighted by Crippen LogP contribution is 2.22. The van der Waals surface area contributed by atoms with Crippen molar-refractivity contribution in [1.29, 1.82) is 0 Å². The molecule has 4 rings (SSSR count). The van der Waals surface area contributed by atoms with Crippen molar-refractivity contribution in [3.05, 3.63) is 70.1 Å². The summed E-state index contributed by atoms with van der Waals surface area (Å²) in [5, 5.41) is 8.30. The van der Waals surface area contributed by atoms with Gasteiger partial charge in [0.2, 0.25) is 0 Å². The zero-order valence-electron chi connectivity index (χ0n) is 17.4. The zero-order chi connectivity index (χ0) is 22.5. The number of halogens is 3. The lowest BCUT2D eigenvalue weighted by atomic mass is 9.91. The molecule has 0 bridgehead atoms. The van der Waals surface area contributed by atoms with Crippen LogP contribution in [0.4, 0.5) is 4.39 Å². The Labute approximate surface area is 196 Å². The summed E-state index contributed by atoms with van der Waals surface area (Å²) < 4.78 is 18.6. The van der Waals surface area contributed by atoms with Crippen molar-refractivity contribution in [3.63, 3.8) is 0 Å². The molecule has 1 aliphatic carbocycles. The number of rotatable bonds is 7. The number of carbonyl (C=O) groups excluding carboxylic acids is 1. The van der Waals surface area contributed by atoms with E-state index in [-0.39, 0.29) is 23.6 Å². The maximum absolute atomic E-state index is 13.2. The van der Waals surface area contributed by atoms with Gasteiger partial charge in [-0.05, 0) is 62.1 Å². The number of benzene rings is 2. The van der Waals surface area contributed by atoms with Crippen LogP contribution >= 0.6 is 23.2 Å². The van der Waals surface area contributed by atoms with Gasteiger partial charge in [-0.1, -0.05) is 29.3 Å². The van der Waals surface area contributed by atoms with Crippen LogP contribution in [0.25, 0.3) is 10.9 Å². The Morgan fingerprint density at radius 3 is 2.59 bits per heavy atom. The molecule has 1 fully saturated rings. The number of carbonyl (C=O) groups is 1. The number of nitrogens with zero attached hydrogens (tertiary/aromatic N) is 1. The van der Waals surface area contributed by atoms with Crippen LogP contribution in [0.2, 0.25) is 10.0 Å². The summed E-state index contributed by atoms with van der Waals surface area (Å²) >= 11 is 11.8. The first kappa shape index (κ1) is 22.8. The summed E-state index contributed by atoms with van der Waals surface area (Å²) in [4.78, 5) is 16.9. The second-order valence-corrected chi connectivity index (χ2v) is 8.84. The van der Waals surface area contributed by atoms with Crippen molar-refractivity contribution in [1.82, 2.24) is 15.6 Å². The predicted molar refractivity (Wildman–Crippen MR) is 125 cm³/mol. The summed E-state index contributed by atoms with van der Waals surface area (Å²) in [5.41, 5.74) is 1.93. The molecule has 1 amide bonds. The second kappa shape index (κ2) is 10.5. The van der Waals surface area contributed by atoms with Crippen molar-refractivity contribution in [3.8, 4) is 5.75 Å². The average Bonchev–Trinajstić information content (AvgIpc) is 2.79. The molecule has 0 atom stereocenters. The summed E-state index contributed by atoms with van der Waals surface area (Å²) in [6.45, 7) is 0.577. The van der Waals surface area contributed by atoms with E-state index in [4.69, 9.17) is 27.9 Å². The normalized spacial score (nSPS) is 18.5. The van der Waals surface area contributed by atoms with Gasteiger partial charge in [0.1, 0.15) is 11.6 Å². The van der Waals surface area contributed by atoms with Gasteiger partial charge >= 0.3 is 0 Å². The molecule has 0 radical (unpaired) electrons. The van der Waals surface area contributed by atoms with Crippen molar-refractivity contribution >= 4 is 40.0 Å². The number of ether oxygens (including phenoxy) is 1. The van der Waals surface area contributed by atoms with Gasteiger partial charge in [0.15, 0.2) is 6.61 Å². The van der Waals surface area contributed by atoms with Crippen LogP contribution in [0.15, 0.2) is 48.5 Å². The van der Waals surface area contributed by atoms with Gasteiger partial charge in [0, 0.05) is 35.1 Å². The van der Waals surface area contributed by atoms with Crippen molar-refractivity contribution < 1.29 is 13.9 Å². The van der Waals surface area contributed by atoms with Crippen molar-refractivity contribution in [2.75, 3.05) is 6.61 Å². The molecule has 0 unspecified atom stereocenters. The molecule has 2 N–H and O–H groups in total. The first-order valence-corrected chi connectivity index (χ1v) is 11.4. The highest BCUT2D eigenvalue weighted by atomic mass is 35.5. The molecule has 0 aliphatic heterocycles. The molecule has 1 aliphatic rings. The van der Waals surface area contributed by atoms with Crippen molar-refractivity contribution in [2.24, 2.45) is 0 Å². The van der Waals surface area contributed by atoms with E-state index < -0.39 is 5.82 Å². The predicted octanol–water partition coefficient (Wildman–Crippen LogP) is 5.28. The molecule has 1 saturated carbocycles. The number of amides is 1. The number of aromatic nitrogens is 1. The molecule has 2 aromatic carbocycles. The topological polar surface area (TPSA) is 63.2 Å². The first-order valence-electron chi connectivity index (χ1n) is 10.6. The van der Waals surface area contributed by atoms with E-state index >= 15 is 0 Å². The SMILES string of the molecule is O=C(COc1ccc(F)c(Cl)c1)NC1CCC(NCc2ccc3cc(Cl)ccc3n2)CC1. The molecule has 0 saturated heterocycles. The monoisotopic (exact) mass is 475 g/mol. The highest BCUT2D eigenvalue weighted by molar-refractivity contribution is 6.31. The molecule has 8 heteroatoms. The minimum Gasteiger partial charge on any atom is -0.484 e. The Kier molecular flexibility index (Phi) is 7.45. The molecular weight excluding hydrogens is 452 g/mol. The number of nitrogens with one attached hydrogen (secondary N) is 2. The number of hydrogen-bond donors (Lipinski definition) is 2. The Hall–Kier alpha value is -2.41. The molecule has 0 spiro atoms. The van der Waals surface area contributed by atoms with Crippen LogP contribution in [-0.2, 0) is 11.3 Å². The molecule has 3 aromatic rings. The zero-order valence-corrected chi connectivity index (χ0v) is 18.9. The number of hydrogen-bond acceptors (Lipinski definition) is 4. The van der Waals surface area contributed by atoms with Gasteiger partial charge in [-0.25, -0.2) is 4.39 Å². The van der Waals surface area contributed by atoms with E-state index in [9.17, 15) is 9.18 Å². The van der Waals surface area contributed by atoms with Gasteiger partial charge in [0.05, 0.1) is 16.2 Å². The van der Waals surface area contributed by atoms with E-state index in [1.807, 2.05) is 30.3 Å². The smallest absolute Gasteiger partial charge is 0.258 e. The van der Waals surface area contributed by atoms with E-state index in [0.717, 1.165) is 42.3 Å².